The zero-order valence-corrected chi connectivity index (χ0v) is 10.3. The third-order valence-electron chi connectivity index (χ3n) is 2.58. The topological polar surface area (TPSA) is 95.9 Å². The predicted octanol–water partition coefficient (Wildman–Crippen LogP) is 0.735. The molecule has 0 aromatic heterocycles. The smallest absolute Gasteiger partial charge is 0.407 e. The van der Waals surface area contributed by atoms with Crippen LogP contribution in [0.3, 0.4) is 0 Å². The summed E-state index contributed by atoms with van der Waals surface area (Å²) in [5, 5.41) is 20.9. The van der Waals surface area contributed by atoms with E-state index in [0.717, 1.165) is 0 Å². The largest absolute Gasteiger partial charge is 0.481 e. The van der Waals surface area contributed by atoms with E-state index in [0.29, 0.717) is 0 Å². The van der Waals surface area contributed by atoms with Gasteiger partial charge in [0, 0.05) is 0 Å². The molecule has 1 aliphatic rings. The van der Waals surface area contributed by atoms with Gasteiger partial charge in [0.15, 0.2) is 0 Å². The number of amides is 1. The van der Waals surface area contributed by atoms with Crippen molar-refractivity contribution in [3.63, 3.8) is 0 Å². The van der Waals surface area contributed by atoms with E-state index in [-0.39, 0.29) is 12.8 Å². The minimum Gasteiger partial charge on any atom is -0.481 e. The third kappa shape index (κ3) is 4.22. The van der Waals surface area contributed by atoms with Crippen LogP contribution in [0.4, 0.5) is 4.79 Å². The molecule has 1 aliphatic carbocycles. The fraction of sp³-hybridized carbons (Fsp3) is 0.818. The molecular formula is C11H19NO5. The van der Waals surface area contributed by atoms with Crippen molar-refractivity contribution in [3.05, 3.63) is 0 Å². The molecule has 0 aromatic rings. The van der Waals surface area contributed by atoms with Gasteiger partial charge in [-0.15, -0.1) is 0 Å². The zero-order chi connectivity index (χ0) is 13.2. The van der Waals surface area contributed by atoms with Gasteiger partial charge in [-0.1, -0.05) is 0 Å². The lowest BCUT2D eigenvalue weighted by molar-refractivity contribution is -0.141. The molecule has 3 N–H and O–H groups in total. The number of ether oxygens (including phenoxy) is 1. The summed E-state index contributed by atoms with van der Waals surface area (Å²) in [6.45, 7) is 5.20. The number of carboxylic acids is 1. The molecule has 0 spiro atoms. The Balaban J connectivity index is 2.47. The molecule has 0 aromatic carbocycles. The van der Waals surface area contributed by atoms with Gasteiger partial charge in [-0.3, -0.25) is 4.79 Å². The van der Waals surface area contributed by atoms with Crippen molar-refractivity contribution < 1.29 is 24.5 Å². The fourth-order valence-corrected chi connectivity index (χ4v) is 1.83. The number of nitrogens with one attached hydrogen (secondary N) is 1. The summed E-state index contributed by atoms with van der Waals surface area (Å²) >= 11 is 0. The van der Waals surface area contributed by atoms with Crippen LogP contribution in [0.2, 0.25) is 0 Å². The zero-order valence-electron chi connectivity index (χ0n) is 10.3. The van der Waals surface area contributed by atoms with Crippen molar-refractivity contribution in [2.75, 3.05) is 0 Å². The second-order valence-electron chi connectivity index (χ2n) is 5.33. The Kier molecular flexibility index (Phi) is 3.98. The second-order valence-corrected chi connectivity index (χ2v) is 5.33. The van der Waals surface area contributed by atoms with Gasteiger partial charge < -0.3 is 20.3 Å². The SMILES string of the molecule is CC(C)(C)OC(=O)NC1CC(C(=O)O)CC1O. The highest BCUT2D eigenvalue weighted by atomic mass is 16.6. The van der Waals surface area contributed by atoms with E-state index in [2.05, 4.69) is 5.32 Å². The molecule has 6 nitrogen and oxygen atoms in total. The van der Waals surface area contributed by atoms with Crippen molar-refractivity contribution in [2.24, 2.45) is 5.92 Å². The van der Waals surface area contributed by atoms with Gasteiger partial charge in [0.1, 0.15) is 5.60 Å². The van der Waals surface area contributed by atoms with Crippen LogP contribution in [0.25, 0.3) is 0 Å². The molecule has 3 unspecified atom stereocenters. The number of hydrogen-bond acceptors (Lipinski definition) is 4. The number of aliphatic carboxylic acids is 1. The Morgan fingerprint density at radius 2 is 1.88 bits per heavy atom. The number of aliphatic hydroxyl groups is 1. The summed E-state index contributed by atoms with van der Waals surface area (Å²) in [5.74, 6) is -1.55. The Labute approximate surface area is 100.0 Å². The van der Waals surface area contributed by atoms with Gasteiger partial charge in [0.25, 0.3) is 0 Å². The van der Waals surface area contributed by atoms with Crippen molar-refractivity contribution in [1.29, 1.82) is 0 Å². The number of carboxylic acid groups (broad SMARTS) is 1. The first kappa shape index (κ1) is 13.8. The van der Waals surface area contributed by atoms with Crippen LogP contribution in [-0.2, 0) is 9.53 Å². The second kappa shape index (κ2) is 4.91. The monoisotopic (exact) mass is 245 g/mol. The lowest BCUT2D eigenvalue weighted by Crippen LogP contribution is -2.42. The standard InChI is InChI=1S/C11H19NO5/c1-11(2,3)17-10(16)12-7-4-6(9(14)15)5-8(7)13/h6-8,13H,4-5H2,1-3H3,(H,12,16)(H,14,15). The third-order valence-corrected chi connectivity index (χ3v) is 2.58. The summed E-state index contributed by atoms with van der Waals surface area (Å²) in [4.78, 5) is 22.2. The quantitative estimate of drug-likeness (QED) is 0.666. The first-order valence-corrected chi connectivity index (χ1v) is 5.59. The van der Waals surface area contributed by atoms with Crippen molar-refractivity contribution in [1.82, 2.24) is 5.32 Å². The lowest BCUT2D eigenvalue weighted by atomic mass is 10.1. The van der Waals surface area contributed by atoms with Crippen molar-refractivity contribution >= 4 is 12.1 Å². The number of aliphatic hydroxyl groups excluding tert-OH is 1. The van der Waals surface area contributed by atoms with Crippen LogP contribution in [0.15, 0.2) is 0 Å². The maximum Gasteiger partial charge on any atom is 0.407 e. The van der Waals surface area contributed by atoms with Gasteiger partial charge in [-0.25, -0.2) is 4.79 Å². The van der Waals surface area contributed by atoms with E-state index in [4.69, 9.17) is 9.84 Å². The molecule has 1 fully saturated rings. The van der Waals surface area contributed by atoms with Gasteiger partial charge in [0.2, 0.25) is 0 Å². The van der Waals surface area contributed by atoms with E-state index in [1.54, 1.807) is 20.8 Å². The molecule has 0 heterocycles. The van der Waals surface area contributed by atoms with E-state index < -0.39 is 35.7 Å². The van der Waals surface area contributed by atoms with Crippen LogP contribution in [0.1, 0.15) is 33.6 Å². The molecular weight excluding hydrogens is 226 g/mol. The molecule has 0 saturated heterocycles. The molecule has 1 rings (SSSR count). The van der Waals surface area contributed by atoms with Crippen LogP contribution in [-0.4, -0.2) is 40.0 Å². The number of carbonyl (C=O) groups is 2. The van der Waals surface area contributed by atoms with Crippen molar-refractivity contribution in [3.8, 4) is 0 Å². The molecule has 0 aliphatic heterocycles. The fourth-order valence-electron chi connectivity index (χ4n) is 1.83. The van der Waals surface area contributed by atoms with Gasteiger partial charge in [-0.2, -0.15) is 0 Å². The Hall–Kier alpha value is -1.30. The maximum atomic E-state index is 11.4. The summed E-state index contributed by atoms with van der Waals surface area (Å²) in [6.07, 6.45) is -1.07. The number of alkyl carbamates (subject to hydrolysis) is 1. The molecule has 17 heavy (non-hydrogen) atoms. The highest BCUT2D eigenvalue weighted by Gasteiger charge is 2.38. The lowest BCUT2D eigenvalue weighted by Gasteiger charge is -2.22. The Bertz CT molecular complexity index is 309. The van der Waals surface area contributed by atoms with E-state index in [1.165, 1.54) is 0 Å². The van der Waals surface area contributed by atoms with E-state index in [9.17, 15) is 14.7 Å². The molecule has 1 amide bonds. The molecule has 6 heteroatoms. The number of carbonyl (C=O) groups excluding carboxylic acids is 1. The van der Waals surface area contributed by atoms with E-state index in [1.807, 2.05) is 0 Å². The van der Waals surface area contributed by atoms with Crippen molar-refractivity contribution in [2.45, 2.75) is 51.4 Å². The first-order chi connectivity index (χ1) is 7.69. The molecule has 0 bridgehead atoms. The van der Waals surface area contributed by atoms with Crippen LogP contribution in [0.5, 0.6) is 0 Å². The number of rotatable bonds is 2. The summed E-state index contributed by atoms with van der Waals surface area (Å²) in [7, 11) is 0. The van der Waals surface area contributed by atoms with Gasteiger partial charge in [0.05, 0.1) is 18.1 Å². The maximum absolute atomic E-state index is 11.4. The first-order valence-electron chi connectivity index (χ1n) is 5.59. The summed E-state index contributed by atoms with van der Waals surface area (Å²) in [5.41, 5.74) is -0.611. The average molecular weight is 245 g/mol. The Morgan fingerprint density at radius 1 is 1.29 bits per heavy atom. The molecule has 98 valence electrons. The van der Waals surface area contributed by atoms with Crippen LogP contribution >= 0.6 is 0 Å². The molecule has 1 saturated carbocycles. The van der Waals surface area contributed by atoms with Crippen LogP contribution < -0.4 is 5.32 Å². The normalized spacial score (nSPS) is 28.8. The molecule has 3 atom stereocenters. The minimum absolute atomic E-state index is 0.162. The Morgan fingerprint density at radius 3 is 2.29 bits per heavy atom. The minimum atomic E-state index is -0.947. The molecule has 0 radical (unpaired) electrons. The highest BCUT2D eigenvalue weighted by molar-refractivity contribution is 5.72. The summed E-state index contributed by atoms with van der Waals surface area (Å²) in [6, 6.07) is -0.550. The highest BCUT2D eigenvalue weighted by Crippen LogP contribution is 2.26. The number of hydrogen-bond donors (Lipinski definition) is 3. The summed E-state index contributed by atoms with van der Waals surface area (Å²) < 4.78 is 5.04. The van der Waals surface area contributed by atoms with Gasteiger partial charge >= 0.3 is 12.1 Å². The van der Waals surface area contributed by atoms with Crippen LogP contribution in [0, 0.1) is 5.92 Å². The predicted molar refractivity (Wildman–Crippen MR) is 59.5 cm³/mol. The average Bonchev–Trinajstić information content (AvgIpc) is 2.44. The van der Waals surface area contributed by atoms with E-state index >= 15 is 0 Å². The van der Waals surface area contributed by atoms with Gasteiger partial charge in [-0.05, 0) is 33.6 Å².